The van der Waals surface area contributed by atoms with Gasteiger partial charge in [0, 0.05) is 31.8 Å². The van der Waals surface area contributed by atoms with E-state index in [4.69, 9.17) is 9.73 Å². The molecule has 0 radical (unpaired) electrons. The van der Waals surface area contributed by atoms with Gasteiger partial charge in [-0.15, -0.1) is 24.0 Å². The molecule has 1 heterocycles. The first-order chi connectivity index (χ1) is 13.5. The second kappa shape index (κ2) is 13.4. The zero-order valence-corrected chi connectivity index (χ0v) is 21.3. The van der Waals surface area contributed by atoms with Crippen LogP contribution < -0.4 is 10.6 Å². The number of likely N-dealkylation sites (N-methyl/N-ethyl adjacent to an activating group) is 1. The third-order valence-electron chi connectivity index (χ3n) is 5.83. The van der Waals surface area contributed by atoms with Gasteiger partial charge in [0.25, 0.3) is 0 Å². The van der Waals surface area contributed by atoms with Crippen LogP contribution in [0.15, 0.2) is 29.3 Å². The van der Waals surface area contributed by atoms with Crippen molar-refractivity contribution in [3.63, 3.8) is 0 Å². The lowest BCUT2D eigenvalue weighted by molar-refractivity contribution is -0.00254. The van der Waals surface area contributed by atoms with Crippen LogP contribution in [0.3, 0.4) is 0 Å². The average molecular weight is 517 g/mol. The summed E-state index contributed by atoms with van der Waals surface area (Å²) in [6.07, 6.45) is 4.26. The molecule has 0 bridgehead atoms. The van der Waals surface area contributed by atoms with E-state index in [2.05, 4.69) is 74.7 Å². The number of rotatable bonds is 9. The van der Waals surface area contributed by atoms with Crippen molar-refractivity contribution in [2.75, 3.05) is 46.9 Å². The van der Waals surface area contributed by atoms with E-state index in [0.717, 1.165) is 64.5 Å². The fourth-order valence-electron chi connectivity index (χ4n) is 3.63. The third kappa shape index (κ3) is 8.42. The summed E-state index contributed by atoms with van der Waals surface area (Å²) in [7, 11) is 4.32. The van der Waals surface area contributed by atoms with Crippen LogP contribution in [0.4, 0.5) is 0 Å². The van der Waals surface area contributed by atoms with Crippen molar-refractivity contribution in [1.82, 2.24) is 15.5 Å². The Labute approximate surface area is 195 Å². The predicted octanol–water partition coefficient (Wildman–Crippen LogP) is 4.03. The molecule has 0 spiro atoms. The molecule has 1 aromatic rings. The highest BCUT2D eigenvalue weighted by molar-refractivity contribution is 14.0. The maximum atomic E-state index is 5.56. The molecule has 2 N–H and O–H groups in total. The number of hydrogen-bond acceptors (Lipinski definition) is 3. The summed E-state index contributed by atoms with van der Waals surface area (Å²) in [5.41, 5.74) is 2.92. The summed E-state index contributed by atoms with van der Waals surface area (Å²) in [5.74, 6) is 1.51. The zero-order chi connectivity index (χ0) is 20.4. The highest BCUT2D eigenvalue weighted by Crippen LogP contribution is 2.26. The molecular weight excluding hydrogens is 475 g/mol. The van der Waals surface area contributed by atoms with E-state index >= 15 is 0 Å². The number of aryl methyl sites for hydroxylation is 1. The summed E-state index contributed by atoms with van der Waals surface area (Å²) in [6.45, 7) is 10.8. The van der Waals surface area contributed by atoms with E-state index < -0.39 is 0 Å². The van der Waals surface area contributed by atoms with E-state index in [9.17, 15) is 0 Å². The van der Waals surface area contributed by atoms with Gasteiger partial charge in [0.2, 0.25) is 0 Å². The Balaban J connectivity index is 0.00000420. The van der Waals surface area contributed by atoms with E-state index in [-0.39, 0.29) is 29.5 Å². The highest BCUT2D eigenvalue weighted by Gasteiger charge is 2.34. The summed E-state index contributed by atoms with van der Waals surface area (Å²) >= 11 is 0. The van der Waals surface area contributed by atoms with Gasteiger partial charge in [-0.2, -0.15) is 0 Å². The van der Waals surface area contributed by atoms with Crippen molar-refractivity contribution in [2.45, 2.75) is 57.9 Å². The number of nitrogens with zero attached hydrogens (tertiary/aromatic N) is 2. The minimum atomic E-state index is 0. The largest absolute Gasteiger partial charge is 0.381 e. The van der Waals surface area contributed by atoms with Crippen LogP contribution in [0.2, 0.25) is 0 Å². The number of ether oxygens (including phenoxy) is 1. The van der Waals surface area contributed by atoms with Crippen molar-refractivity contribution in [1.29, 1.82) is 0 Å². The van der Waals surface area contributed by atoms with Gasteiger partial charge in [-0.1, -0.05) is 38.1 Å². The molecule has 0 aliphatic carbocycles. The topological polar surface area (TPSA) is 48.9 Å². The lowest BCUT2D eigenvalue weighted by atomic mass is 9.89. The third-order valence-corrected chi connectivity index (χ3v) is 5.83. The summed E-state index contributed by atoms with van der Waals surface area (Å²) in [6, 6.07) is 9.04. The van der Waals surface area contributed by atoms with Gasteiger partial charge in [0.15, 0.2) is 5.96 Å². The summed E-state index contributed by atoms with van der Waals surface area (Å²) in [5, 5.41) is 6.89. The smallest absolute Gasteiger partial charge is 0.191 e. The second-order valence-electron chi connectivity index (χ2n) is 8.35. The first-order valence-electron chi connectivity index (χ1n) is 10.8. The molecule has 2 rings (SSSR count). The van der Waals surface area contributed by atoms with Crippen molar-refractivity contribution in [2.24, 2.45) is 4.99 Å². The van der Waals surface area contributed by atoms with Crippen LogP contribution in [0.25, 0.3) is 0 Å². The molecule has 0 saturated carbocycles. The molecule has 0 unspecified atom stereocenters. The quantitative estimate of drug-likeness (QED) is 0.225. The standard InChI is InChI=1S/C23H40N4O.HI/c1-6-24-22(26-18-23(27(4)5)13-16-28-17-14-23)25-15-7-8-20-9-11-21(12-10-20)19(2)3;/h9-12,19H,6-8,13-18H2,1-5H3,(H2,24,25,26);1H. The maximum Gasteiger partial charge on any atom is 0.191 e. The fourth-order valence-corrected chi connectivity index (χ4v) is 3.63. The molecule has 166 valence electrons. The molecule has 5 nitrogen and oxygen atoms in total. The Kier molecular flexibility index (Phi) is 12.1. The number of halogens is 1. The van der Waals surface area contributed by atoms with Crippen molar-refractivity contribution in [3.8, 4) is 0 Å². The molecule has 1 fully saturated rings. The maximum absolute atomic E-state index is 5.56. The van der Waals surface area contributed by atoms with Crippen LogP contribution in [-0.2, 0) is 11.2 Å². The predicted molar refractivity (Wildman–Crippen MR) is 135 cm³/mol. The van der Waals surface area contributed by atoms with E-state index in [1.165, 1.54) is 11.1 Å². The summed E-state index contributed by atoms with van der Waals surface area (Å²) < 4.78 is 5.56. The van der Waals surface area contributed by atoms with Crippen LogP contribution in [0, 0.1) is 0 Å². The molecular formula is C23H41IN4O. The van der Waals surface area contributed by atoms with Gasteiger partial charge in [-0.3, -0.25) is 4.99 Å². The van der Waals surface area contributed by atoms with Crippen LogP contribution in [0.5, 0.6) is 0 Å². The highest BCUT2D eigenvalue weighted by atomic mass is 127. The van der Waals surface area contributed by atoms with Crippen molar-refractivity contribution >= 4 is 29.9 Å². The Morgan fingerprint density at radius 1 is 1.14 bits per heavy atom. The van der Waals surface area contributed by atoms with Crippen molar-refractivity contribution < 1.29 is 4.74 Å². The Hall–Kier alpha value is -0.860. The number of hydrogen-bond donors (Lipinski definition) is 2. The van der Waals surface area contributed by atoms with Gasteiger partial charge >= 0.3 is 0 Å². The molecule has 1 aromatic carbocycles. The van der Waals surface area contributed by atoms with Gasteiger partial charge in [0.05, 0.1) is 6.54 Å². The van der Waals surface area contributed by atoms with E-state index in [1.54, 1.807) is 0 Å². The molecule has 29 heavy (non-hydrogen) atoms. The minimum absolute atomic E-state index is 0. The SMILES string of the molecule is CCNC(=NCC1(N(C)C)CCOCC1)NCCCc1ccc(C(C)C)cc1.I. The Morgan fingerprint density at radius 3 is 2.34 bits per heavy atom. The molecule has 0 atom stereocenters. The van der Waals surface area contributed by atoms with Crippen LogP contribution in [-0.4, -0.2) is 63.3 Å². The van der Waals surface area contributed by atoms with E-state index in [0.29, 0.717) is 5.92 Å². The number of aliphatic imine (C=N–C) groups is 1. The fraction of sp³-hybridized carbons (Fsp3) is 0.696. The Bertz CT molecular complexity index is 595. The van der Waals surface area contributed by atoms with Gasteiger partial charge in [0.1, 0.15) is 0 Å². The molecule has 0 amide bonds. The molecule has 6 heteroatoms. The molecule has 1 aliphatic rings. The van der Waals surface area contributed by atoms with Gasteiger partial charge in [-0.05, 0) is 63.7 Å². The Morgan fingerprint density at radius 2 is 1.79 bits per heavy atom. The molecule has 0 aromatic heterocycles. The van der Waals surface area contributed by atoms with Crippen molar-refractivity contribution in [3.05, 3.63) is 35.4 Å². The number of benzene rings is 1. The van der Waals surface area contributed by atoms with Gasteiger partial charge in [-0.25, -0.2) is 0 Å². The zero-order valence-electron chi connectivity index (χ0n) is 19.0. The normalized spacial score (nSPS) is 16.6. The van der Waals surface area contributed by atoms with E-state index in [1.807, 2.05) is 0 Å². The van der Waals surface area contributed by atoms with Gasteiger partial charge < -0.3 is 20.3 Å². The second-order valence-corrected chi connectivity index (χ2v) is 8.35. The first-order valence-corrected chi connectivity index (χ1v) is 10.8. The minimum Gasteiger partial charge on any atom is -0.381 e. The number of guanidine groups is 1. The van der Waals surface area contributed by atoms with Crippen LogP contribution >= 0.6 is 24.0 Å². The number of nitrogens with one attached hydrogen (secondary N) is 2. The monoisotopic (exact) mass is 516 g/mol. The summed E-state index contributed by atoms with van der Waals surface area (Å²) in [4.78, 5) is 7.23. The molecule has 1 saturated heterocycles. The average Bonchev–Trinajstić information content (AvgIpc) is 2.70. The lowest BCUT2D eigenvalue weighted by Crippen LogP contribution is -2.51. The first kappa shape index (κ1) is 26.2. The lowest BCUT2D eigenvalue weighted by Gasteiger charge is -2.41. The van der Waals surface area contributed by atoms with Crippen LogP contribution in [0.1, 0.15) is 57.1 Å². The molecule has 1 aliphatic heterocycles.